The molecule has 0 fully saturated rings. The fourth-order valence-corrected chi connectivity index (χ4v) is 4.52. The van der Waals surface area contributed by atoms with Gasteiger partial charge in [-0.3, -0.25) is 4.90 Å². The van der Waals surface area contributed by atoms with Crippen LogP contribution in [-0.2, 0) is 9.53 Å². The van der Waals surface area contributed by atoms with Crippen molar-refractivity contribution >= 4 is 38.8 Å². The summed E-state index contributed by atoms with van der Waals surface area (Å²) in [5, 5.41) is 9.95. The molecule has 7 nitrogen and oxygen atoms in total. The van der Waals surface area contributed by atoms with Gasteiger partial charge in [-0.2, -0.15) is 5.26 Å². The number of benzene rings is 1. The van der Waals surface area contributed by atoms with Gasteiger partial charge in [-0.1, -0.05) is 6.07 Å². The van der Waals surface area contributed by atoms with Crippen molar-refractivity contribution in [2.24, 2.45) is 10.7 Å². The number of thioether (sulfide) groups is 1. The van der Waals surface area contributed by atoms with E-state index >= 15 is 0 Å². The number of nitrogens with zero attached hydrogens (tertiary/aromatic N) is 3. The maximum absolute atomic E-state index is 12.9. The van der Waals surface area contributed by atoms with Gasteiger partial charge in [0.25, 0.3) is 0 Å². The molecule has 2 aliphatic rings. The molecule has 1 atom stereocenters. The van der Waals surface area contributed by atoms with E-state index in [9.17, 15) is 10.1 Å². The maximum atomic E-state index is 12.9. The molecule has 0 unspecified atom stereocenters. The molecule has 1 aromatic rings. The summed E-state index contributed by atoms with van der Waals surface area (Å²) in [7, 11) is 1.58. The second-order valence-corrected chi connectivity index (χ2v) is 8.27. The third kappa shape index (κ3) is 3.50. The number of aliphatic imine (C=N–C) groups is 1. The number of esters is 1. The minimum Gasteiger partial charge on any atom is -0.496 e. The Labute approximate surface area is 176 Å². The molecular weight excluding hydrogens is 444 g/mol. The van der Waals surface area contributed by atoms with Crippen molar-refractivity contribution < 1.29 is 14.3 Å². The summed E-state index contributed by atoms with van der Waals surface area (Å²) in [4.78, 5) is 19.5. The lowest BCUT2D eigenvalue weighted by atomic mass is 9.94. The Hall–Kier alpha value is -2.44. The van der Waals surface area contributed by atoms with Crippen LogP contribution in [0.2, 0.25) is 0 Å². The van der Waals surface area contributed by atoms with E-state index < -0.39 is 12.0 Å². The zero-order valence-electron chi connectivity index (χ0n) is 15.8. The topological polar surface area (TPSA) is 101 Å². The number of hydrogen-bond donors (Lipinski definition) is 1. The Kier molecular flexibility index (Phi) is 5.72. The standard InChI is InChI=1S/C19H19BrN4O3S/c1-9(2)27-18(25)15-10(3)23-19-24(17(22)14(8-21)28-19)16(15)11-5-6-13(26-4)12(20)7-11/h5-7,9,16H,22H2,1-4H3/t16-/m0/s1. The number of ether oxygens (including phenoxy) is 2. The van der Waals surface area contributed by atoms with Crippen LogP contribution in [0.1, 0.15) is 32.4 Å². The van der Waals surface area contributed by atoms with E-state index in [1.54, 1.807) is 38.8 Å². The molecule has 146 valence electrons. The van der Waals surface area contributed by atoms with E-state index in [1.807, 2.05) is 12.1 Å². The molecule has 0 amide bonds. The highest BCUT2D eigenvalue weighted by Crippen LogP contribution is 2.46. The summed E-state index contributed by atoms with van der Waals surface area (Å²) in [6, 6.07) is 7.05. The highest BCUT2D eigenvalue weighted by atomic mass is 79.9. The van der Waals surface area contributed by atoms with E-state index in [-0.39, 0.29) is 11.9 Å². The van der Waals surface area contributed by atoms with Crippen molar-refractivity contribution in [3.8, 4) is 11.8 Å². The van der Waals surface area contributed by atoms with Crippen LogP contribution in [0.5, 0.6) is 5.75 Å². The summed E-state index contributed by atoms with van der Waals surface area (Å²) in [6.07, 6.45) is -0.281. The maximum Gasteiger partial charge on any atom is 0.338 e. The molecule has 9 heteroatoms. The van der Waals surface area contributed by atoms with Crippen LogP contribution >= 0.6 is 27.7 Å². The van der Waals surface area contributed by atoms with Gasteiger partial charge in [0.2, 0.25) is 0 Å². The average Bonchev–Trinajstić information content (AvgIpc) is 2.95. The van der Waals surface area contributed by atoms with Crippen LogP contribution in [0.3, 0.4) is 0 Å². The Bertz CT molecular complexity index is 978. The van der Waals surface area contributed by atoms with Gasteiger partial charge in [0, 0.05) is 0 Å². The third-order valence-electron chi connectivity index (χ3n) is 4.23. The molecule has 0 aromatic heterocycles. The normalized spacial score (nSPS) is 18.8. The minimum atomic E-state index is -0.570. The minimum absolute atomic E-state index is 0.269. The van der Waals surface area contributed by atoms with Crippen LogP contribution in [-0.4, -0.2) is 29.3 Å². The SMILES string of the molecule is COc1ccc([C@H]2C(C(=O)OC(C)C)=C(C)N=C3SC(C#N)=C(N)N32)cc1Br. The van der Waals surface area contributed by atoms with Crippen molar-refractivity contribution in [3.05, 3.63) is 50.2 Å². The molecule has 2 aliphatic heterocycles. The molecular formula is C19H19BrN4O3S. The summed E-state index contributed by atoms with van der Waals surface area (Å²) in [5.41, 5.74) is 7.96. The summed E-state index contributed by atoms with van der Waals surface area (Å²) in [6.45, 7) is 5.34. The molecule has 2 N–H and O–H groups in total. The first-order chi connectivity index (χ1) is 13.3. The number of rotatable bonds is 4. The van der Waals surface area contributed by atoms with Crippen molar-refractivity contribution in [2.75, 3.05) is 7.11 Å². The van der Waals surface area contributed by atoms with Gasteiger partial charge < -0.3 is 15.2 Å². The summed E-state index contributed by atoms with van der Waals surface area (Å²) in [5.74, 6) is 0.471. The van der Waals surface area contributed by atoms with Gasteiger partial charge >= 0.3 is 5.97 Å². The van der Waals surface area contributed by atoms with Crippen LogP contribution in [0.4, 0.5) is 0 Å². The Morgan fingerprint density at radius 3 is 2.75 bits per heavy atom. The molecule has 0 bridgehead atoms. The molecule has 0 saturated heterocycles. The fourth-order valence-electron chi connectivity index (χ4n) is 3.05. The average molecular weight is 463 g/mol. The fraction of sp³-hybridized carbons (Fsp3) is 0.316. The first kappa shape index (κ1) is 20.3. The lowest BCUT2D eigenvalue weighted by molar-refractivity contribution is -0.143. The summed E-state index contributed by atoms with van der Waals surface area (Å²) >= 11 is 4.68. The number of hydrogen-bond acceptors (Lipinski definition) is 8. The number of carbonyl (C=O) groups is 1. The number of amidine groups is 1. The number of allylic oxidation sites excluding steroid dienone is 2. The zero-order valence-corrected chi connectivity index (χ0v) is 18.2. The summed E-state index contributed by atoms with van der Waals surface area (Å²) < 4.78 is 11.5. The molecule has 2 heterocycles. The molecule has 3 rings (SSSR count). The molecule has 0 spiro atoms. The van der Waals surface area contributed by atoms with E-state index in [0.29, 0.717) is 27.1 Å². The highest BCUT2D eigenvalue weighted by Gasteiger charge is 2.43. The van der Waals surface area contributed by atoms with Crippen LogP contribution < -0.4 is 10.5 Å². The highest BCUT2D eigenvalue weighted by molar-refractivity contribution is 9.10. The molecule has 1 aromatic carbocycles. The van der Waals surface area contributed by atoms with Crippen molar-refractivity contribution in [2.45, 2.75) is 32.9 Å². The van der Waals surface area contributed by atoms with Gasteiger partial charge in [-0.15, -0.1) is 0 Å². The van der Waals surface area contributed by atoms with E-state index in [0.717, 1.165) is 10.0 Å². The zero-order chi connectivity index (χ0) is 20.6. The number of carbonyl (C=O) groups excluding carboxylic acids is 1. The van der Waals surface area contributed by atoms with Gasteiger partial charge in [-0.25, -0.2) is 9.79 Å². The predicted molar refractivity (Wildman–Crippen MR) is 111 cm³/mol. The number of nitriles is 1. The number of methoxy groups -OCH3 is 1. The largest absolute Gasteiger partial charge is 0.496 e. The number of nitrogens with two attached hydrogens (primary N) is 1. The number of fused-ring (bicyclic) bond motifs is 1. The molecule has 28 heavy (non-hydrogen) atoms. The van der Waals surface area contributed by atoms with Crippen molar-refractivity contribution in [3.63, 3.8) is 0 Å². The molecule has 0 saturated carbocycles. The Morgan fingerprint density at radius 2 is 2.18 bits per heavy atom. The smallest absolute Gasteiger partial charge is 0.338 e. The third-order valence-corrected chi connectivity index (χ3v) is 5.83. The first-order valence-electron chi connectivity index (χ1n) is 8.49. The van der Waals surface area contributed by atoms with Crippen LogP contribution in [0.25, 0.3) is 0 Å². The Balaban J connectivity index is 2.18. The monoisotopic (exact) mass is 462 g/mol. The molecule has 0 aliphatic carbocycles. The van der Waals surface area contributed by atoms with Crippen LogP contribution in [0, 0.1) is 11.3 Å². The quantitative estimate of drug-likeness (QED) is 0.678. The van der Waals surface area contributed by atoms with E-state index in [1.165, 1.54) is 11.8 Å². The van der Waals surface area contributed by atoms with Gasteiger partial charge in [0.05, 0.1) is 35.0 Å². The number of halogens is 1. The second kappa shape index (κ2) is 7.89. The lowest BCUT2D eigenvalue weighted by Gasteiger charge is -2.35. The van der Waals surface area contributed by atoms with Crippen molar-refractivity contribution in [1.29, 1.82) is 5.26 Å². The molecule has 0 radical (unpaired) electrons. The predicted octanol–water partition coefficient (Wildman–Crippen LogP) is 3.79. The second-order valence-electron chi connectivity index (χ2n) is 6.44. The van der Waals surface area contributed by atoms with Gasteiger partial charge in [0.15, 0.2) is 5.17 Å². The van der Waals surface area contributed by atoms with E-state index in [4.69, 9.17) is 15.2 Å². The van der Waals surface area contributed by atoms with Crippen LogP contribution in [0.15, 0.2) is 49.7 Å². The Morgan fingerprint density at radius 1 is 1.46 bits per heavy atom. The lowest BCUT2D eigenvalue weighted by Crippen LogP contribution is -2.39. The van der Waals surface area contributed by atoms with Gasteiger partial charge in [-0.05, 0) is 66.2 Å². The first-order valence-corrected chi connectivity index (χ1v) is 10.1. The van der Waals surface area contributed by atoms with Crippen molar-refractivity contribution in [1.82, 2.24) is 4.90 Å². The van der Waals surface area contributed by atoms with Gasteiger partial charge in [0.1, 0.15) is 22.5 Å². The van der Waals surface area contributed by atoms with E-state index in [2.05, 4.69) is 27.0 Å².